The third-order valence-electron chi connectivity index (χ3n) is 2.16. The number of benzene rings is 1. The van der Waals surface area contributed by atoms with E-state index in [2.05, 4.69) is 4.74 Å². The number of carbonyl (C=O) groups excluding carboxylic acids is 1. The second-order valence-electron chi connectivity index (χ2n) is 3.02. The van der Waals surface area contributed by atoms with Crippen LogP contribution in [0.3, 0.4) is 0 Å². The Morgan fingerprint density at radius 3 is 1.83 bits per heavy atom. The first-order valence-corrected chi connectivity index (χ1v) is 4.63. The number of carboxylic acid groups (broad SMARTS) is 1. The predicted octanol–water partition coefficient (Wildman–Crippen LogP) is 0.540. The molecular weight excluding hydrogens is 251 g/mol. The fourth-order valence-electron chi connectivity index (χ4n) is 1.41. The van der Waals surface area contributed by atoms with E-state index in [9.17, 15) is 9.59 Å². The summed E-state index contributed by atoms with van der Waals surface area (Å²) >= 11 is 0. The summed E-state index contributed by atoms with van der Waals surface area (Å²) < 4.78 is 14.5. The van der Waals surface area contributed by atoms with Gasteiger partial charge < -0.3 is 19.3 Å². The molecule has 7 heteroatoms. The van der Waals surface area contributed by atoms with E-state index in [1.54, 1.807) is 0 Å². The summed E-state index contributed by atoms with van der Waals surface area (Å²) in [5.41, 5.74) is 0.0221. The molecule has 0 aliphatic carbocycles. The Balaban J connectivity index is 0.00000289. The molecule has 0 aromatic heterocycles. The van der Waals surface area contributed by atoms with Gasteiger partial charge in [-0.1, -0.05) is 0 Å². The zero-order valence-corrected chi connectivity index (χ0v) is 9.64. The molecule has 0 spiro atoms. The molecule has 18 heavy (non-hydrogen) atoms. The average molecular weight is 264 g/mol. The van der Waals surface area contributed by atoms with E-state index in [1.165, 1.54) is 33.5 Å². The van der Waals surface area contributed by atoms with Crippen LogP contribution in [-0.4, -0.2) is 67.9 Å². The molecule has 0 fully saturated rings. The number of hydrogen-bond acceptors (Lipinski definition) is 5. The number of methoxy groups -OCH3 is 3. The summed E-state index contributed by atoms with van der Waals surface area (Å²) in [5, 5.41) is 8.95. The molecule has 6 nitrogen and oxygen atoms in total. The Kier molecular flexibility index (Phi) is 6.75. The number of carbonyl (C=O) groups is 2. The molecule has 0 heterocycles. The molecule has 0 bridgehead atoms. The quantitative estimate of drug-likeness (QED) is 0.631. The number of esters is 1. The fourth-order valence-corrected chi connectivity index (χ4v) is 1.41. The second kappa shape index (κ2) is 7.25. The first kappa shape index (κ1) is 16.8. The minimum atomic E-state index is -1.17. The maximum atomic E-state index is 11.4. The predicted molar refractivity (Wildman–Crippen MR) is 65.0 cm³/mol. The summed E-state index contributed by atoms with van der Waals surface area (Å²) in [6.07, 6.45) is 0. The van der Waals surface area contributed by atoms with Gasteiger partial charge in [0.2, 0.25) is 0 Å². The van der Waals surface area contributed by atoms with Crippen molar-refractivity contribution >= 4 is 41.5 Å². The van der Waals surface area contributed by atoms with Crippen molar-refractivity contribution in [3.63, 3.8) is 0 Å². The first-order chi connectivity index (χ1) is 8.06. The SMILES string of the molecule is COC(=O)c1ccc(C(=O)O)c(OC)c1OC.[NaH]. The number of ether oxygens (including phenoxy) is 3. The minimum absolute atomic E-state index is 0. The van der Waals surface area contributed by atoms with Crippen LogP contribution in [0.5, 0.6) is 11.5 Å². The van der Waals surface area contributed by atoms with Crippen molar-refractivity contribution in [3.05, 3.63) is 23.3 Å². The third-order valence-corrected chi connectivity index (χ3v) is 2.16. The third kappa shape index (κ3) is 3.16. The molecule has 1 rings (SSSR count). The average Bonchev–Trinajstić information content (AvgIpc) is 2.35. The summed E-state index contributed by atoms with van der Waals surface area (Å²) in [7, 11) is 3.83. The Hall–Kier alpha value is -1.24. The molecule has 0 atom stereocenters. The van der Waals surface area contributed by atoms with Crippen molar-refractivity contribution in [2.75, 3.05) is 21.3 Å². The van der Waals surface area contributed by atoms with Gasteiger partial charge >= 0.3 is 41.5 Å². The van der Waals surface area contributed by atoms with Crippen LogP contribution in [0.2, 0.25) is 0 Å². The normalized spacial score (nSPS) is 9.06. The van der Waals surface area contributed by atoms with Crippen molar-refractivity contribution in [2.24, 2.45) is 0 Å². The number of aromatic carboxylic acids is 1. The van der Waals surface area contributed by atoms with Gasteiger partial charge in [0.25, 0.3) is 0 Å². The van der Waals surface area contributed by atoms with Gasteiger partial charge in [0.05, 0.1) is 21.3 Å². The molecule has 0 radical (unpaired) electrons. The van der Waals surface area contributed by atoms with E-state index in [-0.39, 0.29) is 52.2 Å². The van der Waals surface area contributed by atoms with Gasteiger partial charge in [-0.3, -0.25) is 0 Å². The maximum absolute atomic E-state index is 11.4. The van der Waals surface area contributed by atoms with Crippen LogP contribution in [0.25, 0.3) is 0 Å². The van der Waals surface area contributed by atoms with Crippen molar-refractivity contribution in [1.82, 2.24) is 0 Å². The summed E-state index contributed by atoms with van der Waals surface area (Å²) in [5.74, 6) is -1.77. The number of rotatable bonds is 4. The van der Waals surface area contributed by atoms with Crippen LogP contribution in [0.4, 0.5) is 0 Å². The van der Waals surface area contributed by atoms with Crippen molar-refractivity contribution < 1.29 is 28.9 Å². The summed E-state index contributed by atoms with van der Waals surface area (Å²) in [4.78, 5) is 22.4. The Labute approximate surface area is 126 Å². The van der Waals surface area contributed by atoms with Crippen molar-refractivity contribution in [3.8, 4) is 11.5 Å². The van der Waals surface area contributed by atoms with E-state index in [0.29, 0.717) is 0 Å². The molecule has 0 aliphatic rings. The summed E-state index contributed by atoms with van der Waals surface area (Å²) in [6.45, 7) is 0. The van der Waals surface area contributed by atoms with Gasteiger partial charge in [-0.05, 0) is 12.1 Å². The topological polar surface area (TPSA) is 82.1 Å². The van der Waals surface area contributed by atoms with E-state index < -0.39 is 11.9 Å². The van der Waals surface area contributed by atoms with E-state index >= 15 is 0 Å². The number of hydrogen-bond donors (Lipinski definition) is 1. The van der Waals surface area contributed by atoms with Crippen molar-refractivity contribution in [1.29, 1.82) is 0 Å². The molecule has 1 aromatic rings. The monoisotopic (exact) mass is 264 g/mol. The van der Waals surface area contributed by atoms with E-state index in [1.807, 2.05) is 0 Å². The molecule has 0 amide bonds. The van der Waals surface area contributed by atoms with E-state index in [0.717, 1.165) is 0 Å². The zero-order chi connectivity index (χ0) is 13.0. The van der Waals surface area contributed by atoms with Gasteiger partial charge in [-0.25, -0.2) is 9.59 Å². The molecule has 94 valence electrons. The molecule has 0 saturated heterocycles. The first-order valence-electron chi connectivity index (χ1n) is 4.63. The summed E-state index contributed by atoms with van der Waals surface area (Å²) in [6, 6.07) is 2.58. The molecule has 1 N–H and O–H groups in total. The Morgan fingerprint density at radius 1 is 1.00 bits per heavy atom. The van der Waals surface area contributed by atoms with Crippen LogP contribution in [-0.2, 0) is 4.74 Å². The van der Waals surface area contributed by atoms with Gasteiger partial charge in [0.15, 0.2) is 11.5 Å². The zero-order valence-electron chi connectivity index (χ0n) is 9.64. The van der Waals surface area contributed by atoms with Crippen LogP contribution in [0.1, 0.15) is 20.7 Å². The van der Waals surface area contributed by atoms with Crippen LogP contribution >= 0.6 is 0 Å². The molecular formula is C11H13NaO6. The Morgan fingerprint density at radius 2 is 1.44 bits per heavy atom. The fraction of sp³-hybridized carbons (Fsp3) is 0.273. The van der Waals surface area contributed by atoms with Crippen LogP contribution in [0.15, 0.2) is 12.1 Å². The Bertz CT molecular complexity index is 457. The van der Waals surface area contributed by atoms with Gasteiger partial charge in [0.1, 0.15) is 11.1 Å². The molecule has 0 unspecified atom stereocenters. The molecule has 0 saturated carbocycles. The van der Waals surface area contributed by atoms with Crippen LogP contribution < -0.4 is 9.47 Å². The standard InChI is InChI=1S/C11H12O6.Na.H/c1-15-8-6(10(12)13)4-5-7(9(8)16-2)11(14)17-3;;/h4-5H,1-3H3,(H,12,13);;. The van der Waals surface area contributed by atoms with Gasteiger partial charge in [-0.2, -0.15) is 0 Å². The number of carboxylic acids is 1. The second-order valence-corrected chi connectivity index (χ2v) is 3.02. The van der Waals surface area contributed by atoms with Gasteiger partial charge in [-0.15, -0.1) is 0 Å². The van der Waals surface area contributed by atoms with Gasteiger partial charge in [0, 0.05) is 0 Å². The van der Waals surface area contributed by atoms with Crippen LogP contribution in [0, 0.1) is 0 Å². The molecule has 1 aromatic carbocycles. The molecule has 0 aliphatic heterocycles. The van der Waals surface area contributed by atoms with E-state index in [4.69, 9.17) is 14.6 Å². The van der Waals surface area contributed by atoms with Crippen molar-refractivity contribution in [2.45, 2.75) is 0 Å².